The average Bonchev–Trinajstić information content (AvgIpc) is 2.77. The van der Waals surface area contributed by atoms with Crippen LogP contribution in [0.3, 0.4) is 0 Å². The molecule has 0 aliphatic carbocycles. The molecule has 18 heavy (non-hydrogen) atoms. The van der Waals surface area contributed by atoms with Crippen molar-refractivity contribution in [1.29, 1.82) is 0 Å². The summed E-state index contributed by atoms with van der Waals surface area (Å²) in [7, 11) is 0. The first kappa shape index (κ1) is 14.7. The lowest BCUT2D eigenvalue weighted by Crippen LogP contribution is -2.22. The highest BCUT2D eigenvalue weighted by atomic mass is 16.1. The van der Waals surface area contributed by atoms with E-state index in [2.05, 4.69) is 36.3 Å². The Balaban J connectivity index is 2.55. The number of hydrogen-bond donors (Lipinski definition) is 2. The smallest absolute Gasteiger partial charge is 0.228 e. The predicted octanol–water partition coefficient (Wildman–Crippen LogP) is 3.52. The molecule has 1 amide bonds. The van der Waals surface area contributed by atoms with Crippen molar-refractivity contribution in [2.45, 2.75) is 59.3 Å². The number of rotatable bonds is 8. The molecule has 1 aromatic heterocycles. The highest BCUT2D eigenvalue weighted by Crippen LogP contribution is 2.16. The molecule has 1 aromatic rings. The van der Waals surface area contributed by atoms with Gasteiger partial charge in [-0.3, -0.25) is 9.89 Å². The molecular formula is C14H25N3O. The summed E-state index contributed by atoms with van der Waals surface area (Å²) >= 11 is 0. The van der Waals surface area contributed by atoms with Crippen LogP contribution in [0.15, 0.2) is 6.07 Å². The van der Waals surface area contributed by atoms with E-state index in [9.17, 15) is 4.79 Å². The van der Waals surface area contributed by atoms with Crippen LogP contribution in [-0.2, 0) is 11.2 Å². The maximum Gasteiger partial charge on any atom is 0.228 e. The normalized spacial score (nSPS) is 10.9. The third kappa shape index (κ3) is 4.51. The minimum Gasteiger partial charge on any atom is -0.309 e. The molecule has 4 nitrogen and oxygen atoms in total. The van der Waals surface area contributed by atoms with Crippen LogP contribution in [0, 0.1) is 5.92 Å². The molecule has 4 heteroatoms. The van der Waals surface area contributed by atoms with Crippen molar-refractivity contribution < 1.29 is 4.79 Å². The lowest BCUT2D eigenvalue weighted by Gasteiger charge is -2.13. The molecule has 0 atom stereocenters. The van der Waals surface area contributed by atoms with Crippen LogP contribution in [0.4, 0.5) is 5.82 Å². The van der Waals surface area contributed by atoms with Gasteiger partial charge in [0.25, 0.3) is 0 Å². The fraction of sp³-hybridized carbons (Fsp3) is 0.714. The van der Waals surface area contributed by atoms with E-state index < -0.39 is 0 Å². The predicted molar refractivity (Wildman–Crippen MR) is 74.5 cm³/mol. The van der Waals surface area contributed by atoms with E-state index in [1.165, 1.54) is 0 Å². The molecular weight excluding hydrogens is 226 g/mol. The van der Waals surface area contributed by atoms with Gasteiger partial charge in [0.2, 0.25) is 5.91 Å². The zero-order valence-corrected chi connectivity index (χ0v) is 11.8. The van der Waals surface area contributed by atoms with Gasteiger partial charge in [-0.05, 0) is 19.3 Å². The number of aromatic nitrogens is 2. The Morgan fingerprint density at radius 1 is 1.28 bits per heavy atom. The summed E-state index contributed by atoms with van der Waals surface area (Å²) in [6.45, 7) is 6.35. The highest BCUT2D eigenvalue weighted by Gasteiger charge is 2.17. The summed E-state index contributed by atoms with van der Waals surface area (Å²) < 4.78 is 0. The summed E-state index contributed by atoms with van der Waals surface area (Å²) in [5.74, 6) is 0.875. The number of hydrogen-bond acceptors (Lipinski definition) is 2. The molecule has 1 heterocycles. The van der Waals surface area contributed by atoms with Crippen molar-refractivity contribution in [3.05, 3.63) is 11.8 Å². The summed E-state index contributed by atoms with van der Waals surface area (Å²) in [6, 6.07) is 1.93. The van der Waals surface area contributed by atoms with Gasteiger partial charge in [-0.25, -0.2) is 0 Å². The van der Waals surface area contributed by atoms with Crippen LogP contribution >= 0.6 is 0 Å². The first-order chi connectivity index (χ1) is 8.71. The monoisotopic (exact) mass is 251 g/mol. The SMILES string of the molecule is CCCc1cc(NC(=O)C(CCC)CCC)n[nH]1. The summed E-state index contributed by atoms with van der Waals surface area (Å²) in [6.07, 6.45) is 6.03. The van der Waals surface area contributed by atoms with Gasteiger partial charge >= 0.3 is 0 Å². The minimum absolute atomic E-state index is 0.105. The van der Waals surface area contributed by atoms with Gasteiger partial charge in [0, 0.05) is 17.7 Å². The molecule has 0 saturated heterocycles. The highest BCUT2D eigenvalue weighted by molar-refractivity contribution is 5.91. The van der Waals surface area contributed by atoms with Gasteiger partial charge in [0.05, 0.1) is 0 Å². The van der Waals surface area contributed by atoms with E-state index in [-0.39, 0.29) is 11.8 Å². The van der Waals surface area contributed by atoms with Crippen LogP contribution in [0.5, 0.6) is 0 Å². The van der Waals surface area contributed by atoms with Gasteiger partial charge < -0.3 is 5.32 Å². The van der Waals surface area contributed by atoms with Gasteiger partial charge in [-0.1, -0.05) is 40.0 Å². The number of anilines is 1. The second kappa shape index (κ2) is 7.90. The molecule has 2 N–H and O–H groups in total. The molecule has 0 bridgehead atoms. The summed E-state index contributed by atoms with van der Waals surface area (Å²) in [5.41, 5.74) is 1.08. The fourth-order valence-electron chi connectivity index (χ4n) is 2.15. The topological polar surface area (TPSA) is 57.8 Å². The molecule has 102 valence electrons. The van der Waals surface area contributed by atoms with Crippen molar-refractivity contribution in [2.75, 3.05) is 5.32 Å². The molecule has 0 saturated carbocycles. The molecule has 0 unspecified atom stereocenters. The van der Waals surface area contributed by atoms with Crippen molar-refractivity contribution in [3.8, 4) is 0 Å². The lowest BCUT2D eigenvalue weighted by atomic mass is 9.97. The molecule has 0 aliphatic rings. The van der Waals surface area contributed by atoms with E-state index in [0.29, 0.717) is 5.82 Å². The Morgan fingerprint density at radius 2 is 1.94 bits per heavy atom. The largest absolute Gasteiger partial charge is 0.309 e. The number of nitrogens with zero attached hydrogens (tertiary/aromatic N) is 1. The number of carbonyl (C=O) groups excluding carboxylic acids is 1. The van der Waals surface area contributed by atoms with Crippen LogP contribution in [0.25, 0.3) is 0 Å². The Morgan fingerprint density at radius 3 is 2.50 bits per heavy atom. The van der Waals surface area contributed by atoms with E-state index in [1.807, 2.05) is 6.07 Å². The molecule has 0 fully saturated rings. The first-order valence-electron chi connectivity index (χ1n) is 7.06. The van der Waals surface area contributed by atoms with E-state index >= 15 is 0 Å². The van der Waals surface area contributed by atoms with Gasteiger partial charge in [0.15, 0.2) is 5.82 Å². The van der Waals surface area contributed by atoms with E-state index in [0.717, 1.165) is 44.2 Å². The second-order valence-electron chi connectivity index (χ2n) is 4.79. The lowest BCUT2D eigenvalue weighted by molar-refractivity contribution is -0.120. The maximum absolute atomic E-state index is 12.1. The number of aromatic amines is 1. The number of aryl methyl sites for hydroxylation is 1. The number of nitrogens with one attached hydrogen (secondary N) is 2. The van der Waals surface area contributed by atoms with Crippen LogP contribution in [0.1, 0.15) is 58.6 Å². The minimum atomic E-state index is 0.105. The summed E-state index contributed by atoms with van der Waals surface area (Å²) in [5, 5.41) is 9.98. The Kier molecular flexibility index (Phi) is 6.47. The van der Waals surface area contributed by atoms with Gasteiger partial charge in [-0.2, -0.15) is 5.10 Å². The fourth-order valence-corrected chi connectivity index (χ4v) is 2.15. The second-order valence-corrected chi connectivity index (χ2v) is 4.79. The third-order valence-corrected chi connectivity index (χ3v) is 3.05. The van der Waals surface area contributed by atoms with Crippen molar-refractivity contribution in [1.82, 2.24) is 10.2 Å². The van der Waals surface area contributed by atoms with E-state index in [4.69, 9.17) is 0 Å². The quantitative estimate of drug-likeness (QED) is 0.742. The Hall–Kier alpha value is -1.32. The van der Waals surface area contributed by atoms with Crippen LogP contribution < -0.4 is 5.32 Å². The molecule has 0 spiro atoms. The summed E-state index contributed by atoms with van der Waals surface area (Å²) in [4.78, 5) is 12.1. The zero-order chi connectivity index (χ0) is 13.4. The molecule has 0 radical (unpaired) electrons. The third-order valence-electron chi connectivity index (χ3n) is 3.05. The van der Waals surface area contributed by atoms with Crippen LogP contribution in [0.2, 0.25) is 0 Å². The standard InChI is InChI=1S/C14H25N3O/c1-4-7-11(8-5-2)14(18)15-13-10-12(9-6-3)16-17-13/h10-11H,4-9H2,1-3H3,(H2,15,16,17,18). The van der Waals surface area contributed by atoms with Crippen LogP contribution in [-0.4, -0.2) is 16.1 Å². The van der Waals surface area contributed by atoms with Crippen molar-refractivity contribution in [2.24, 2.45) is 5.92 Å². The Bertz CT molecular complexity index is 354. The van der Waals surface area contributed by atoms with Crippen molar-refractivity contribution >= 4 is 11.7 Å². The number of carbonyl (C=O) groups is 1. The van der Waals surface area contributed by atoms with Crippen molar-refractivity contribution in [3.63, 3.8) is 0 Å². The van der Waals surface area contributed by atoms with Gasteiger partial charge in [0.1, 0.15) is 0 Å². The Labute approximate surface area is 110 Å². The zero-order valence-electron chi connectivity index (χ0n) is 11.8. The molecule has 0 aromatic carbocycles. The molecule has 1 rings (SSSR count). The maximum atomic E-state index is 12.1. The van der Waals surface area contributed by atoms with E-state index in [1.54, 1.807) is 0 Å². The first-order valence-corrected chi connectivity index (χ1v) is 7.06. The van der Waals surface area contributed by atoms with Gasteiger partial charge in [-0.15, -0.1) is 0 Å². The average molecular weight is 251 g/mol. The number of amides is 1. The number of H-pyrrole nitrogens is 1. The molecule has 0 aliphatic heterocycles.